The van der Waals surface area contributed by atoms with Gasteiger partial charge in [0, 0.05) is 0 Å². The Morgan fingerprint density at radius 1 is 1.62 bits per heavy atom. The molecule has 0 amide bonds. The van der Waals surface area contributed by atoms with Crippen molar-refractivity contribution in [3.8, 4) is 17.6 Å². The number of benzene rings is 1. The number of carboxylic acids is 1. The molecule has 82 valence electrons. The number of carboxylic acid groups (broad SMARTS) is 1. The minimum absolute atomic E-state index is 0.108. The van der Waals surface area contributed by atoms with Crippen molar-refractivity contribution >= 4 is 12.0 Å². The molecule has 0 atom stereocenters. The van der Waals surface area contributed by atoms with Crippen molar-refractivity contribution in [3.63, 3.8) is 0 Å². The summed E-state index contributed by atoms with van der Waals surface area (Å²) in [4.78, 5) is 10.6. The van der Waals surface area contributed by atoms with E-state index >= 15 is 0 Å². The highest BCUT2D eigenvalue weighted by Crippen LogP contribution is 2.24. The fourth-order valence-corrected chi connectivity index (χ4v) is 1.08. The molecule has 1 aromatic carbocycles. The summed E-state index contributed by atoms with van der Waals surface area (Å²) in [7, 11) is 1.34. The van der Waals surface area contributed by atoms with Crippen molar-refractivity contribution in [2.45, 2.75) is 0 Å². The Hall–Kier alpha value is -2.48. The van der Waals surface area contributed by atoms with Crippen molar-refractivity contribution in [1.29, 1.82) is 5.26 Å². The fraction of sp³-hybridized carbons (Fsp3) is 0.0909. The lowest BCUT2D eigenvalue weighted by atomic mass is 10.1. The van der Waals surface area contributed by atoms with Crippen LogP contribution in [-0.2, 0) is 4.79 Å². The standard InChI is InChI=1S/C11H9NO4/c1-16-10-5-7(2-3-9(10)13)4-8(6-12)11(14)15/h2-5,13H,1H3,(H,14,15)/p-1. The van der Waals surface area contributed by atoms with E-state index in [9.17, 15) is 9.90 Å². The van der Waals surface area contributed by atoms with Crippen LogP contribution in [0.3, 0.4) is 0 Å². The predicted octanol–water partition coefficient (Wildman–Crippen LogP) is 0.760. The van der Waals surface area contributed by atoms with E-state index in [1.54, 1.807) is 6.07 Å². The van der Waals surface area contributed by atoms with Gasteiger partial charge in [-0.15, -0.1) is 0 Å². The average molecular weight is 218 g/mol. The molecule has 1 aromatic rings. The monoisotopic (exact) mass is 218 g/mol. The quantitative estimate of drug-likeness (QED) is 0.597. The number of aliphatic carboxylic acids is 1. The molecule has 1 rings (SSSR count). The van der Waals surface area contributed by atoms with Gasteiger partial charge in [0.05, 0.1) is 7.11 Å². The molecular weight excluding hydrogens is 210 g/mol. The Labute approximate surface area is 91.8 Å². The van der Waals surface area contributed by atoms with Crippen LogP contribution in [0.5, 0.6) is 11.5 Å². The number of rotatable bonds is 3. The zero-order valence-electron chi connectivity index (χ0n) is 8.43. The second-order valence-corrected chi connectivity index (χ2v) is 2.89. The third-order valence-electron chi connectivity index (χ3n) is 1.85. The molecule has 0 heterocycles. The Bertz CT molecular complexity index is 485. The van der Waals surface area contributed by atoms with E-state index in [1.807, 2.05) is 0 Å². The lowest BCUT2D eigenvalue weighted by molar-refractivity contribution is -0.270. The summed E-state index contributed by atoms with van der Waals surface area (Å²) in [6.45, 7) is 0. The van der Waals surface area contributed by atoms with Gasteiger partial charge in [0.2, 0.25) is 0 Å². The van der Waals surface area contributed by atoms with Gasteiger partial charge in [-0.1, -0.05) is 17.9 Å². The Balaban J connectivity index is 3.16. The molecule has 1 N–H and O–H groups in total. The third-order valence-corrected chi connectivity index (χ3v) is 1.85. The highest BCUT2D eigenvalue weighted by atomic mass is 16.5. The predicted molar refractivity (Wildman–Crippen MR) is 53.7 cm³/mol. The number of carbonyl (C=O) groups is 1. The van der Waals surface area contributed by atoms with Gasteiger partial charge in [0.1, 0.15) is 17.4 Å². The van der Waals surface area contributed by atoms with Crippen LogP contribution in [-0.4, -0.2) is 18.2 Å². The second-order valence-electron chi connectivity index (χ2n) is 2.89. The number of nitriles is 1. The summed E-state index contributed by atoms with van der Waals surface area (Å²) in [6.07, 6.45) is 1.17. The molecule has 5 nitrogen and oxygen atoms in total. The highest BCUT2D eigenvalue weighted by molar-refractivity contribution is 5.96. The van der Waals surface area contributed by atoms with Gasteiger partial charge < -0.3 is 14.9 Å². The summed E-state index contributed by atoms with van der Waals surface area (Å²) in [6, 6.07) is 5.60. The molecule has 0 bridgehead atoms. The largest absolute Gasteiger partial charge is 0.870 e. The minimum atomic E-state index is -1.31. The van der Waals surface area contributed by atoms with E-state index in [4.69, 9.17) is 15.1 Å². The fourth-order valence-electron chi connectivity index (χ4n) is 1.08. The lowest BCUT2D eigenvalue weighted by Gasteiger charge is -2.12. The summed E-state index contributed by atoms with van der Waals surface area (Å²) in [5.41, 5.74) is 0.0242. The summed E-state index contributed by atoms with van der Waals surface area (Å²) >= 11 is 0. The zero-order chi connectivity index (χ0) is 12.1. The van der Waals surface area contributed by atoms with Crippen LogP contribution in [0, 0.1) is 11.3 Å². The van der Waals surface area contributed by atoms with Crippen molar-refractivity contribution < 1.29 is 19.7 Å². The topological polar surface area (TPSA) is 93.4 Å². The van der Waals surface area contributed by atoms with E-state index in [0.29, 0.717) is 5.56 Å². The molecule has 0 aliphatic heterocycles. The van der Waals surface area contributed by atoms with Gasteiger partial charge in [-0.05, 0) is 17.7 Å². The van der Waals surface area contributed by atoms with E-state index < -0.39 is 11.5 Å². The maximum atomic E-state index is 11.2. The number of hydrogen-bond acceptors (Lipinski definition) is 4. The van der Waals surface area contributed by atoms with Crippen LogP contribution in [0.15, 0.2) is 23.8 Å². The molecule has 0 aliphatic rings. The van der Waals surface area contributed by atoms with Crippen LogP contribution in [0.25, 0.3) is 6.08 Å². The van der Waals surface area contributed by atoms with Gasteiger partial charge in [0.15, 0.2) is 0 Å². The molecule has 0 saturated heterocycles. The van der Waals surface area contributed by atoms with E-state index in [1.165, 1.54) is 31.4 Å². The molecule has 0 aromatic heterocycles. The molecule has 0 unspecified atom stereocenters. The summed E-state index contributed by atoms with van der Waals surface area (Å²) in [5.74, 6) is -1.50. The molecular formula is C11H8NO4-. The summed E-state index contributed by atoms with van der Waals surface area (Å²) < 4.78 is 4.79. The molecule has 0 radical (unpaired) electrons. The Morgan fingerprint density at radius 2 is 2.31 bits per heavy atom. The maximum absolute atomic E-state index is 11.2. The van der Waals surface area contributed by atoms with Crippen molar-refractivity contribution in [2.24, 2.45) is 0 Å². The number of hydrogen-bond donors (Lipinski definition) is 1. The van der Waals surface area contributed by atoms with Crippen molar-refractivity contribution in [3.05, 3.63) is 29.3 Å². The first-order chi connectivity index (χ1) is 7.58. The van der Waals surface area contributed by atoms with E-state index in [0.717, 1.165) is 0 Å². The molecule has 0 spiro atoms. The second kappa shape index (κ2) is 4.84. The van der Waals surface area contributed by atoms with Crippen LogP contribution in [0.2, 0.25) is 0 Å². The van der Waals surface area contributed by atoms with Crippen LogP contribution in [0.4, 0.5) is 0 Å². The van der Waals surface area contributed by atoms with E-state index in [2.05, 4.69) is 0 Å². The smallest absolute Gasteiger partial charge is 0.346 e. The lowest BCUT2D eigenvalue weighted by Crippen LogP contribution is -1.98. The van der Waals surface area contributed by atoms with Crippen LogP contribution >= 0.6 is 0 Å². The first-order valence-electron chi connectivity index (χ1n) is 4.28. The average Bonchev–Trinajstić information content (AvgIpc) is 2.27. The van der Waals surface area contributed by atoms with Crippen molar-refractivity contribution in [1.82, 2.24) is 0 Å². The van der Waals surface area contributed by atoms with Gasteiger partial charge in [-0.3, -0.25) is 0 Å². The normalized spacial score (nSPS) is 10.6. The minimum Gasteiger partial charge on any atom is -0.870 e. The molecule has 0 fully saturated rings. The third kappa shape index (κ3) is 2.51. The van der Waals surface area contributed by atoms with Gasteiger partial charge in [-0.25, -0.2) is 4.79 Å². The summed E-state index contributed by atoms with van der Waals surface area (Å²) in [5, 5.41) is 28.3. The first kappa shape index (κ1) is 11.6. The van der Waals surface area contributed by atoms with Crippen LogP contribution < -0.4 is 9.84 Å². The number of nitrogens with zero attached hydrogens (tertiary/aromatic N) is 1. The number of ether oxygens (including phenoxy) is 1. The van der Waals surface area contributed by atoms with Gasteiger partial charge in [-0.2, -0.15) is 5.26 Å². The SMILES string of the molecule is COc1cc(C=C(C#N)C(=O)O)ccc1[O-]. The Morgan fingerprint density at radius 3 is 2.81 bits per heavy atom. The molecule has 5 heteroatoms. The molecule has 16 heavy (non-hydrogen) atoms. The molecule has 0 aliphatic carbocycles. The zero-order valence-corrected chi connectivity index (χ0v) is 8.43. The number of methoxy groups -OCH3 is 1. The van der Waals surface area contributed by atoms with E-state index in [-0.39, 0.29) is 11.5 Å². The van der Waals surface area contributed by atoms with Gasteiger partial charge >= 0.3 is 5.97 Å². The van der Waals surface area contributed by atoms with Crippen molar-refractivity contribution in [2.75, 3.05) is 7.11 Å². The first-order valence-corrected chi connectivity index (χ1v) is 4.28. The Kier molecular flexibility index (Phi) is 3.51. The van der Waals surface area contributed by atoms with Crippen LogP contribution in [0.1, 0.15) is 5.56 Å². The molecule has 0 saturated carbocycles. The highest BCUT2D eigenvalue weighted by Gasteiger charge is 2.05. The van der Waals surface area contributed by atoms with Gasteiger partial charge in [0.25, 0.3) is 0 Å². The maximum Gasteiger partial charge on any atom is 0.346 e.